The number of rotatable bonds is 5. The summed E-state index contributed by atoms with van der Waals surface area (Å²) in [5, 5.41) is 5.20. The Balaban J connectivity index is 1.83. The molecular formula is C20H23F3N6. The lowest BCUT2D eigenvalue weighted by molar-refractivity contribution is -0.140. The van der Waals surface area contributed by atoms with E-state index < -0.39 is 11.9 Å². The van der Waals surface area contributed by atoms with Crippen LogP contribution in [0.2, 0.25) is 0 Å². The second-order valence-electron chi connectivity index (χ2n) is 7.43. The predicted octanol–water partition coefficient (Wildman–Crippen LogP) is 4.53. The Morgan fingerprint density at radius 3 is 2.48 bits per heavy atom. The molecule has 2 heterocycles. The van der Waals surface area contributed by atoms with E-state index in [1.54, 1.807) is 4.68 Å². The van der Waals surface area contributed by atoms with E-state index in [2.05, 4.69) is 20.3 Å². The number of imidazole rings is 1. The summed E-state index contributed by atoms with van der Waals surface area (Å²) in [5.74, 6) is 0.364. The van der Waals surface area contributed by atoms with Gasteiger partial charge in [0.15, 0.2) is 11.3 Å². The fourth-order valence-corrected chi connectivity index (χ4v) is 3.85. The van der Waals surface area contributed by atoms with E-state index in [9.17, 15) is 13.2 Å². The Bertz CT molecular complexity index is 979. The SMILES string of the molecule is CC(c1ccccc1)N(C)n1c(NC2CCCC2)nc2c(C(F)(F)F)ncnc21. The molecule has 154 valence electrons. The monoisotopic (exact) mass is 404 g/mol. The molecule has 0 spiro atoms. The summed E-state index contributed by atoms with van der Waals surface area (Å²) in [5.41, 5.74) is -0.0871. The van der Waals surface area contributed by atoms with Gasteiger partial charge in [-0.25, -0.2) is 19.6 Å². The smallest absolute Gasteiger partial charge is 0.351 e. The molecule has 1 atom stereocenters. The molecule has 0 amide bonds. The Kier molecular flexibility index (Phi) is 5.06. The van der Waals surface area contributed by atoms with Crippen LogP contribution < -0.4 is 10.3 Å². The highest BCUT2D eigenvalue weighted by atomic mass is 19.4. The minimum Gasteiger partial charge on any atom is -0.351 e. The molecule has 1 aliphatic carbocycles. The highest BCUT2D eigenvalue weighted by Crippen LogP contribution is 2.34. The normalized spacial score (nSPS) is 16.3. The first-order valence-electron chi connectivity index (χ1n) is 9.71. The van der Waals surface area contributed by atoms with Crippen molar-refractivity contribution in [2.45, 2.75) is 50.9 Å². The van der Waals surface area contributed by atoms with Crippen molar-refractivity contribution >= 4 is 17.1 Å². The number of fused-ring (bicyclic) bond motifs is 1. The van der Waals surface area contributed by atoms with Crippen molar-refractivity contribution < 1.29 is 13.2 Å². The zero-order valence-corrected chi connectivity index (χ0v) is 16.3. The lowest BCUT2D eigenvalue weighted by Crippen LogP contribution is -2.35. The summed E-state index contributed by atoms with van der Waals surface area (Å²) >= 11 is 0. The summed E-state index contributed by atoms with van der Waals surface area (Å²) in [6.45, 7) is 1.99. The quantitative estimate of drug-likeness (QED) is 0.677. The van der Waals surface area contributed by atoms with Crippen molar-refractivity contribution in [1.82, 2.24) is 19.6 Å². The lowest BCUT2D eigenvalue weighted by Gasteiger charge is -2.30. The van der Waals surface area contributed by atoms with Crippen LogP contribution in [0, 0.1) is 0 Å². The molecule has 1 saturated carbocycles. The van der Waals surface area contributed by atoms with Gasteiger partial charge < -0.3 is 10.3 Å². The van der Waals surface area contributed by atoms with Crippen LogP contribution in [0.3, 0.4) is 0 Å². The van der Waals surface area contributed by atoms with Gasteiger partial charge in [-0.2, -0.15) is 13.2 Å². The number of nitrogens with one attached hydrogen (secondary N) is 1. The first-order valence-corrected chi connectivity index (χ1v) is 9.71. The third-order valence-corrected chi connectivity index (χ3v) is 5.54. The van der Waals surface area contributed by atoms with Gasteiger partial charge in [-0.3, -0.25) is 0 Å². The van der Waals surface area contributed by atoms with Gasteiger partial charge in [0.05, 0.1) is 6.04 Å². The summed E-state index contributed by atoms with van der Waals surface area (Å²) in [6, 6.07) is 9.86. The van der Waals surface area contributed by atoms with Crippen LogP contribution in [0.25, 0.3) is 11.2 Å². The molecule has 0 bridgehead atoms. The minimum atomic E-state index is -4.60. The Morgan fingerprint density at radius 1 is 1.14 bits per heavy atom. The number of hydrogen-bond donors (Lipinski definition) is 1. The van der Waals surface area contributed by atoms with Crippen LogP contribution >= 0.6 is 0 Å². The highest BCUT2D eigenvalue weighted by molar-refractivity contribution is 5.78. The number of halogens is 3. The van der Waals surface area contributed by atoms with Crippen molar-refractivity contribution in [3.8, 4) is 0 Å². The maximum Gasteiger partial charge on any atom is 0.435 e. The molecule has 6 nitrogen and oxygen atoms in total. The Morgan fingerprint density at radius 2 is 1.83 bits per heavy atom. The first-order chi connectivity index (χ1) is 13.9. The second-order valence-corrected chi connectivity index (χ2v) is 7.43. The standard InChI is InChI=1S/C20H23F3N6/c1-13(14-8-4-3-5-9-14)28(2)29-18-16(17(20(21,22)23)24-12-25-18)27-19(29)26-15-10-6-7-11-15/h3-5,8-9,12-13,15H,6-7,10-11H2,1-2H3,(H,26,27). The van der Waals surface area contributed by atoms with E-state index >= 15 is 0 Å². The van der Waals surface area contributed by atoms with Crippen molar-refractivity contribution in [1.29, 1.82) is 0 Å². The second kappa shape index (κ2) is 7.53. The molecule has 0 aliphatic heterocycles. The van der Waals surface area contributed by atoms with Gasteiger partial charge in [0, 0.05) is 13.1 Å². The van der Waals surface area contributed by atoms with Crippen LogP contribution in [0.4, 0.5) is 19.1 Å². The van der Waals surface area contributed by atoms with Gasteiger partial charge in [-0.1, -0.05) is 43.2 Å². The summed E-state index contributed by atoms with van der Waals surface area (Å²) < 4.78 is 42.2. The largest absolute Gasteiger partial charge is 0.435 e. The molecule has 9 heteroatoms. The van der Waals surface area contributed by atoms with Crippen LogP contribution in [0.1, 0.15) is 49.9 Å². The number of hydrogen-bond acceptors (Lipinski definition) is 5. The molecule has 1 aliphatic rings. The fourth-order valence-electron chi connectivity index (χ4n) is 3.85. The van der Waals surface area contributed by atoms with Gasteiger partial charge in [-0.05, 0) is 25.3 Å². The molecule has 1 unspecified atom stereocenters. The minimum absolute atomic E-state index is 0.109. The van der Waals surface area contributed by atoms with Crippen LogP contribution in [-0.4, -0.2) is 32.7 Å². The number of nitrogens with zero attached hydrogens (tertiary/aromatic N) is 5. The maximum atomic E-state index is 13.5. The summed E-state index contributed by atoms with van der Waals surface area (Å²) in [4.78, 5) is 11.9. The predicted molar refractivity (Wildman–Crippen MR) is 105 cm³/mol. The first kappa shape index (κ1) is 19.5. The third kappa shape index (κ3) is 3.73. The molecule has 0 radical (unpaired) electrons. The van der Waals surface area contributed by atoms with Crippen LogP contribution in [0.15, 0.2) is 36.7 Å². The summed E-state index contributed by atoms with van der Waals surface area (Å²) in [6.07, 6.45) is 0.486. The van der Waals surface area contributed by atoms with Gasteiger partial charge in [0.25, 0.3) is 0 Å². The molecule has 1 fully saturated rings. The van der Waals surface area contributed by atoms with Crippen molar-refractivity contribution in [2.24, 2.45) is 0 Å². The molecular weight excluding hydrogens is 381 g/mol. The van der Waals surface area contributed by atoms with E-state index in [1.165, 1.54) is 0 Å². The van der Waals surface area contributed by atoms with E-state index in [0.717, 1.165) is 37.6 Å². The maximum absolute atomic E-state index is 13.5. The zero-order valence-electron chi connectivity index (χ0n) is 16.3. The molecule has 1 N–H and O–H groups in total. The van der Waals surface area contributed by atoms with E-state index in [1.807, 2.05) is 49.3 Å². The van der Waals surface area contributed by atoms with Crippen molar-refractivity contribution in [3.05, 3.63) is 47.9 Å². The molecule has 2 aromatic heterocycles. The van der Waals surface area contributed by atoms with Crippen LogP contribution in [-0.2, 0) is 6.18 Å². The van der Waals surface area contributed by atoms with Gasteiger partial charge in [-0.15, -0.1) is 0 Å². The molecule has 0 saturated heterocycles. The van der Waals surface area contributed by atoms with E-state index in [4.69, 9.17) is 0 Å². The van der Waals surface area contributed by atoms with Crippen molar-refractivity contribution in [3.63, 3.8) is 0 Å². The van der Waals surface area contributed by atoms with Gasteiger partial charge in [0.2, 0.25) is 5.95 Å². The number of alkyl halides is 3. The fraction of sp³-hybridized carbons (Fsp3) is 0.450. The van der Waals surface area contributed by atoms with Crippen LogP contribution in [0.5, 0.6) is 0 Å². The number of aromatic nitrogens is 4. The number of anilines is 1. The van der Waals surface area contributed by atoms with Gasteiger partial charge in [0.1, 0.15) is 11.8 Å². The average Bonchev–Trinajstić information content (AvgIpc) is 3.34. The lowest BCUT2D eigenvalue weighted by atomic mass is 10.1. The molecule has 3 aromatic rings. The summed E-state index contributed by atoms with van der Waals surface area (Å²) in [7, 11) is 1.83. The number of benzene rings is 1. The third-order valence-electron chi connectivity index (χ3n) is 5.54. The van der Waals surface area contributed by atoms with Crippen molar-refractivity contribution in [2.75, 3.05) is 17.4 Å². The van der Waals surface area contributed by atoms with E-state index in [0.29, 0.717) is 5.95 Å². The van der Waals surface area contributed by atoms with E-state index in [-0.39, 0.29) is 23.2 Å². The highest BCUT2D eigenvalue weighted by Gasteiger charge is 2.37. The molecule has 29 heavy (non-hydrogen) atoms. The average molecular weight is 404 g/mol. The van der Waals surface area contributed by atoms with Gasteiger partial charge >= 0.3 is 6.18 Å². The topological polar surface area (TPSA) is 58.9 Å². The molecule has 1 aromatic carbocycles. The Hall–Kier alpha value is -2.84. The molecule has 4 rings (SSSR count). The zero-order chi connectivity index (χ0) is 20.6. The Labute approximate surface area is 166 Å².